The van der Waals surface area contributed by atoms with Crippen LogP contribution in [-0.4, -0.2) is 7.11 Å². The lowest BCUT2D eigenvalue weighted by molar-refractivity contribution is 0.295. The van der Waals surface area contributed by atoms with Gasteiger partial charge < -0.3 is 10.5 Å². The zero-order chi connectivity index (χ0) is 14.1. The predicted octanol–water partition coefficient (Wildman–Crippen LogP) is 3.98. The average Bonchev–Trinajstić information content (AvgIpc) is 2.49. The van der Waals surface area contributed by atoms with Crippen LogP contribution in [-0.2, 0) is 5.54 Å². The molecular weight excluding hydrogens is 241 g/mol. The summed E-state index contributed by atoms with van der Waals surface area (Å²) in [5.41, 5.74) is 7.26. The van der Waals surface area contributed by atoms with Crippen molar-refractivity contribution in [2.24, 2.45) is 11.1 Å². The molecule has 1 fully saturated rings. The summed E-state index contributed by atoms with van der Waals surface area (Å²) in [6.45, 7) is 4.56. The molecule has 0 radical (unpaired) electrons. The van der Waals surface area contributed by atoms with E-state index < -0.39 is 5.54 Å². The van der Waals surface area contributed by atoms with E-state index in [1.165, 1.54) is 18.6 Å². The number of methoxy groups -OCH3 is 1. The minimum atomic E-state index is -0.471. The first-order valence-corrected chi connectivity index (χ1v) is 6.99. The Morgan fingerprint density at radius 3 is 2.58 bits per heavy atom. The summed E-state index contributed by atoms with van der Waals surface area (Å²) >= 11 is 0. The SMILES string of the molecule is COc1ccc(F)cc1C1(N)CCCC(C)(C)CC1. The van der Waals surface area contributed by atoms with Crippen molar-refractivity contribution in [1.82, 2.24) is 0 Å². The fraction of sp³-hybridized carbons (Fsp3) is 0.625. The molecule has 0 spiro atoms. The van der Waals surface area contributed by atoms with Crippen LogP contribution in [0.5, 0.6) is 5.75 Å². The van der Waals surface area contributed by atoms with Crippen molar-refractivity contribution in [3.8, 4) is 5.75 Å². The maximum absolute atomic E-state index is 13.6. The number of hydrogen-bond acceptors (Lipinski definition) is 2. The molecule has 1 saturated carbocycles. The molecule has 19 heavy (non-hydrogen) atoms. The van der Waals surface area contributed by atoms with E-state index in [0.29, 0.717) is 11.2 Å². The standard InChI is InChI=1S/C16H24FNO/c1-15(2)7-4-8-16(18,10-9-15)13-11-12(17)5-6-14(13)19-3/h5-6,11H,4,7-10,18H2,1-3H3. The van der Waals surface area contributed by atoms with Gasteiger partial charge in [0.05, 0.1) is 7.11 Å². The van der Waals surface area contributed by atoms with Gasteiger partial charge in [-0.1, -0.05) is 20.3 Å². The molecule has 2 nitrogen and oxygen atoms in total. The second-order valence-electron chi connectivity index (χ2n) is 6.52. The van der Waals surface area contributed by atoms with Crippen molar-refractivity contribution in [3.63, 3.8) is 0 Å². The molecule has 0 heterocycles. The van der Waals surface area contributed by atoms with Crippen molar-refractivity contribution in [1.29, 1.82) is 0 Å². The summed E-state index contributed by atoms with van der Waals surface area (Å²) in [7, 11) is 1.61. The first kappa shape index (κ1) is 14.3. The van der Waals surface area contributed by atoms with Crippen LogP contribution in [0.4, 0.5) is 4.39 Å². The van der Waals surface area contributed by atoms with Crippen molar-refractivity contribution in [2.75, 3.05) is 7.11 Å². The fourth-order valence-corrected chi connectivity index (χ4v) is 3.03. The van der Waals surface area contributed by atoms with Gasteiger partial charge in [-0.3, -0.25) is 0 Å². The highest BCUT2D eigenvalue weighted by molar-refractivity contribution is 5.39. The Labute approximate surface area is 115 Å². The van der Waals surface area contributed by atoms with E-state index in [9.17, 15) is 4.39 Å². The summed E-state index contributed by atoms with van der Waals surface area (Å²) in [4.78, 5) is 0. The number of nitrogens with two attached hydrogens (primary N) is 1. The summed E-state index contributed by atoms with van der Waals surface area (Å²) in [5.74, 6) is 0.452. The Hall–Kier alpha value is -1.09. The number of hydrogen-bond donors (Lipinski definition) is 1. The molecule has 1 aliphatic rings. The third kappa shape index (κ3) is 3.08. The average molecular weight is 265 g/mol. The minimum Gasteiger partial charge on any atom is -0.496 e. The molecule has 1 aliphatic carbocycles. The number of benzene rings is 1. The zero-order valence-corrected chi connectivity index (χ0v) is 12.1. The van der Waals surface area contributed by atoms with E-state index in [1.807, 2.05) is 0 Å². The summed E-state index contributed by atoms with van der Waals surface area (Å²) in [6.07, 6.45) is 5.06. The van der Waals surface area contributed by atoms with Gasteiger partial charge in [0.15, 0.2) is 0 Å². The Morgan fingerprint density at radius 2 is 1.89 bits per heavy atom. The van der Waals surface area contributed by atoms with E-state index in [1.54, 1.807) is 13.2 Å². The second-order valence-corrected chi connectivity index (χ2v) is 6.52. The highest BCUT2D eigenvalue weighted by atomic mass is 19.1. The highest BCUT2D eigenvalue weighted by Crippen LogP contribution is 2.43. The van der Waals surface area contributed by atoms with Crippen LogP contribution in [0, 0.1) is 11.2 Å². The van der Waals surface area contributed by atoms with Gasteiger partial charge in [0.1, 0.15) is 11.6 Å². The van der Waals surface area contributed by atoms with Crippen LogP contribution in [0.1, 0.15) is 51.5 Å². The summed E-state index contributed by atoms with van der Waals surface area (Å²) in [6, 6.07) is 4.64. The largest absolute Gasteiger partial charge is 0.496 e. The topological polar surface area (TPSA) is 35.2 Å². The maximum Gasteiger partial charge on any atom is 0.124 e. The van der Waals surface area contributed by atoms with Gasteiger partial charge in [0.2, 0.25) is 0 Å². The Bertz CT molecular complexity index is 458. The first-order valence-electron chi connectivity index (χ1n) is 6.99. The molecule has 2 rings (SSSR count). The van der Waals surface area contributed by atoms with Crippen molar-refractivity contribution >= 4 is 0 Å². The highest BCUT2D eigenvalue weighted by Gasteiger charge is 2.35. The molecule has 0 bridgehead atoms. The van der Waals surface area contributed by atoms with Gasteiger partial charge in [-0.25, -0.2) is 4.39 Å². The van der Waals surface area contributed by atoms with Gasteiger partial charge in [-0.05, 0) is 49.3 Å². The predicted molar refractivity (Wildman–Crippen MR) is 75.7 cm³/mol. The molecule has 0 aromatic heterocycles. The molecule has 1 unspecified atom stereocenters. The summed E-state index contributed by atoms with van der Waals surface area (Å²) in [5, 5.41) is 0. The summed E-state index contributed by atoms with van der Waals surface area (Å²) < 4.78 is 18.9. The number of rotatable bonds is 2. The molecule has 1 aromatic rings. The van der Waals surface area contributed by atoms with E-state index in [4.69, 9.17) is 10.5 Å². The van der Waals surface area contributed by atoms with Gasteiger partial charge in [-0.15, -0.1) is 0 Å². The van der Waals surface area contributed by atoms with Crippen LogP contribution in [0.3, 0.4) is 0 Å². The molecule has 0 aliphatic heterocycles. The van der Waals surface area contributed by atoms with Gasteiger partial charge in [0, 0.05) is 11.1 Å². The lowest BCUT2D eigenvalue weighted by Gasteiger charge is -2.31. The maximum atomic E-state index is 13.6. The Morgan fingerprint density at radius 1 is 1.16 bits per heavy atom. The molecule has 106 valence electrons. The third-order valence-corrected chi connectivity index (χ3v) is 4.42. The monoisotopic (exact) mass is 265 g/mol. The van der Waals surface area contributed by atoms with E-state index in [0.717, 1.165) is 31.2 Å². The lowest BCUT2D eigenvalue weighted by Crippen LogP contribution is -2.36. The van der Waals surface area contributed by atoms with Crippen LogP contribution in [0.2, 0.25) is 0 Å². The Kier molecular flexibility index (Phi) is 3.86. The molecule has 1 aromatic carbocycles. The molecular formula is C16H24FNO. The van der Waals surface area contributed by atoms with Gasteiger partial charge in [-0.2, -0.15) is 0 Å². The first-order chi connectivity index (χ1) is 8.86. The Balaban J connectivity index is 2.36. The molecule has 0 saturated heterocycles. The quantitative estimate of drug-likeness (QED) is 0.821. The van der Waals surface area contributed by atoms with Crippen molar-refractivity contribution in [3.05, 3.63) is 29.6 Å². The normalized spacial score (nSPS) is 26.8. The van der Waals surface area contributed by atoms with E-state index >= 15 is 0 Å². The number of ether oxygens (including phenoxy) is 1. The second kappa shape index (κ2) is 5.12. The van der Waals surface area contributed by atoms with Crippen LogP contribution in [0.25, 0.3) is 0 Å². The van der Waals surface area contributed by atoms with Crippen molar-refractivity contribution in [2.45, 2.75) is 51.5 Å². The number of halogens is 1. The molecule has 3 heteroatoms. The van der Waals surface area contributed by atoms with Crippen LogP contribution >= 0.6 is 0 Å². The van der Waals surface area contributed by atoms with E-state index in [2.05, 4.69) is 13.8 Å². The molecule has 1 atom stereocenters. The zero-order valence-electron chi connectivity index (χ0n) is 12.1. The third-order valence-electron chi connectivity index (χ3n) is 4.42. The van der Waals surface area contributed by atoms with E-state index in [-0.39, 0.29) is 5.82 Å². The minimum absolute atomic E-state index is 0.246. The van der Waals surface area contributed by atoms with Crippen LogP contribution in [0.15, 0.2) is 18.2 Å². The fourth-order valence-electron chi connectivity index (χ4n) is 3.03. The molecule has 0 amide bonds. The van der Waals surface area contributed by atoms with Crippen molar-refractivity contribution < 1.29 is 9.13 Å². The van der Waals surface area contributed by atoms with Gasteiger partial charge >= 0.3 is 0 Å². The van der Waals surface area contributed by atoms with Gasteiger partial charge in [0.25, 0.3) is 0 Å². The van der Waals surface area contributed by atoms with Crippen LogP contribution < -0.4 is 10.5 Å². The lowest BCUT2D eigenvalue weighted by atomic mass is 9.80. The smallest absolute Gasteiger partial charge is 0.124 e. The molecule has 2 N–H and O–H groups in total.